The van der Waals surface area contributed by atoms with Crippen molar-refractivity contribution < 1.29 is 0 Å². The van der Waals surface area contributed by atoms with Crippen LogP contribution in [0.1, 0.15) is 103 Å². The van der Waals surface area contributed by atoms with Crippen LogP contribution in [0.3, 0.4) is 0 Å². The molecule has 3 aliphatic rings. The van der Waals surface area contributed by atoms with Gasteiger partial charge in [0.05, 0.1) is 0 Å². The number of hydrogen-bond donors (Lipinski definition) is 0. The Morgan fingerprint density at radius 3 is 0.950 bits per heavy atom. The van der Waals surface area contributed by atoms with E-state index < -0.39 is 0 Å². The molecule has 3 saturated carbocycles. The van der Waals surface area contributed by atoms with Gasteiger partial charge in [0.15, 0.2) is 0 Å². The molecular weight excluding hydrogens is 240 g/mol. The lowest BCUT2D eigenvalue weighted by Gasteiger charge is -2.53. The van der Waals surface area contributed by atoms with E-state index in [1.54, 1.807) is 38.5 Å². The second-order valence-electron chi connectivity index (χ2n) is 8.37. The van der Waals surface area contributed by atoms with E-state index in [-0.39, 0.29) is 0 Å². The van der Waals surface area contributed by atoms with Crippen LogP contribution >= 0.6 is 0 Å². The van der Waals surface area contributed by atoms with Gasteiger partial charge >= 0.3 is 0 Å². The van der Waals surface area contributed by atoms with Crippen LogP contribution in [-0.4, -0.2) is 0 Å². The summed E-state index contributed by atoms with van der Waals surface area (Å²) in [6.07, 6.45) is 23.1. The molecule has 0 aromatic rings. The second-order valence-corrected chi connectivity index (χ2v) is 8.37. The lowest BCUT2D eigenvalue weighted by molar-refractivity contribution is -0.0317. The third-order valence-corrected chi connectivity index (χ3v) is 7.45. The van der Waals surface area contributed by atoms with Crippen LogP contribution in [0.15, 0.2) is 0 Å². The monoisotopic (exact) mass is 276 g/mol. The van der Waals surface area contributed by atoms with Crippen LogP contribution in [0.25, 0.3) is 0 Å². The highest BCUT2D eigenvalue weighted by Gasteiger charge is 2.46. The maximum Gasteiger partial charge on any atom is -0.0241 e. The third kappa shape index (κ3) is 2.95. The zero-order valence-corrected chi connectivity index (χ0v) is 13.8. The van der Waals surface area contributed by atoms with Crippen molar-refractivity contribution in [3.63, 3.8) is 0 Å². The van der Waals surface area contributed by atoms with Gasteiger partial charge in [0.25, 0.3) is 0 Å². The zero-order valence-electron chi connectivity index (χ0n) is 13.8. The van der Waals surface area contributed by atoms with Crippen LogP contribution in [0.5, 0.6) is 0 Å². The molecule has 0 atom stereocenters. The average Bonchev–Trinajstić information content (AvgIpc) is 2.56. The van der Waals surface area contributed by atoms with Crippen LogP contribution in [-0.2, 0) is 0 Å². The summed E-state index contributed by atoms with van der Waals surface area (Å²) in [4.78, 5) is 0. The Morgan fingerprint density at radius 2 is 0.700 bits per heavy atom. The summed E-state index contributed by atoms with van der Waals surface area (Å²) in [5.41, 5.74) is 0.710. The van der Waals surface area contributed by atoms with Crippen molar-refractivity contribution in [2.75, 3.05) is 0 Å². The summed E-state index contributed by atoms with van der Waals surface area (Å²) in [7, 11) is 0. The molecule has 0 heterocycles. The summed E-state index contributed by atoms with van der Waals surface area (Å²) in [5, 5.41) is 0. The second kappa shape index (κ2) is 6.84. The normalized spacial score (nSPS) is 28.6. The minimum atomic E-state index is 0.710. The van der Waals surface area contributed by atoms with Gasteiger partial charge in [-0.3, -0.25) is 0 Å². The third-order valence-electron chi connectivity index (χ3n) is 7.45. The molecule has 0 aromatic carbocycles. The van der Waals surface area contributed by atoms with E-state index in [9.17, 15) is 0 Å². The van der Waals surface area contributed by atoms with Crippen molar-refractivity contribution in [1.82, 2.24) is 0 Å². The van der Waals surface area contributed by atoms with Gasteiger partial charge in [0.1, 0.15) is 0 Å². The first-order chi connectivity index (χ1) is 9.82. The molecule has 0 aliphatic heterocycles. The van der Waals surface area contributed by atoms with Crippen LogP contribution in [0, 0.1) is 23.2 Å². The molecule has 20 heavy (non-hydrogen) atoms. The molecule has 0 spiro atoms. The van der Waals surface area contributed by atoms with Gasteiger partial charge in [0.2, 0.25) is 0 Å². The van der Waals surface area contributed by atoms with Gasteiger partial charge in [0, 0.05) is 0 Å². The summed E-state index contributed by atoms with van der Waals surface area (Å²) in [6.45, 7) is 2.76. The zero-order chi connectivity index (χ0) is 13.8. The van der Waals surface area contributed by atoms with Gasteiger partial charge in [-0.15, -0.1) is 0 Å². The van der Waals surface area contributed by atoms with Gasteiger partial charge < -0.3 is 0 Å². The molecule has 0 radical (unpaired) electrons. The minimum absolute atomic E-state index is 0.710. The van der Waals surface area contributed by atoms with Gasteiger partial charge in [-0.2, -0.15) is 0 Å². The molecule has 0 amide bonds. The van der Waals surface area contributed by atoms with E-state index in [0.717, 1.165) is 17.8 Å². The van der Waals surface area contributed by atoms with Gasteiger partial charge in [-0.05, 0) is 61.7 Å². The van der Waals surface area contributed by atoms with Crippen molar-refractivity contribution in [2.45, 2.75) is 103 Å². The summed E-state index contributed by atoms with van der Waals surface area (Å²) in [6, 6.07) is 0. The highest BCUT2D eigenvalue weighted by atomic mass is 14.5. The Balaban J connectivity index is 1.79. The van der Waals surface area contributed by atoms with E-state index in [1.165, 1.54) is 57.8 Å². The Morgan fingerprint density at radius 1 is 0.450 bits per heavy atom. The van der Waals surface area contributed by atoms with E-state index in [4.69, 9.17) is 0 Å². The average molecular weight is 277 g/mol. The molecule has 116 valence electrons. The van der Waals surface area contributed by atoms with Crippen molar-refractivity contribution in [2.24, 2.45) is 23.2 Å². The van der Waals surface area contributed by atoms with Gasteiger partial charge in [-0.1, -0.05) is 64.7 Å². The Kier molecular flexibility index (Phi) is 5.10. The molecule has 0 N–H and O–H groups in total. The van der Waals surface area contributed by atoms with Crippen LogP contribution in [0.2, 0.25) is 0 Å². The van der Waals surface area contributed by atoms with Crippen LogP contribution < -0.4 is 0 Å². The van der Waals surface area contributed by atoms with E-state index in [2.05, 4.69) is 6.92 Å². The maximum absolute atomic E-state index is 2.76. The topological polar surface area (TPSA) is 0 Å². The van der Waals surface area contributed by atoms with Crippen LogP contribution in [0.4, 0.5) is 0 Å². The first kappa shape index (κ1) is 14.9. The predicted molar refractivity (Wildman–Crippen MR) is 87.8 cm³/mol. The molecule has 3 aliphatic carbocycles. The Hall–Kier alpha value is 0. The Bertz CT molecular complexity index is 229. The molecular formula is C20H36. The largest absolute Gasteiger partial charge is 0.0588 e. The lowest BCUT2D eigenvalue weighted by Crippen LogP contribution is -2.44. The molecule has 0 bridgehead atoms. The SMILES string of the molecule is CC(C1CCCCC1)(C1CCCCC1)C1CCCCC1. The number of hydrogen-bond acceptors (Lipinski definition) is 0. The maximum atomic E-state index is 2.76. The van der Waals surface area contributed by atoms with Crippen molar-refractivity contribution in [3.05, 3.63) is 0 Å². The molecule has 0 heteroatoms. The standard InChI is InChI=1S/C20H36/c1-20(17-11-5-2-6-12-17,18-13-7-3-8-14-18)19-15-9-4-10-16-19/h17-19H,2-16H2,1H3. The van der Waals surface area contributed by atoms with Crippen molar-refractivity contribution in [1.29, 1.82) is 0 Å². The number of rotatable bonds is 3. The highest BCUT2D eigenvalue weighted by molar-refractivity contribution is 4.96. The fourth-order valence-corrected chi connectivity index (χ4v) is 6.17. The fraction of sp³-hybridized carbons (Fsp3) is 1.00. The highest BCUT2D eigenvalue weighted by Crippen LogP contribution is 2.56. The molecule has 3 rings (SSSR count). The van der Waals surface area contributed by atoms with E-state index in [1.807, 2.05) is 0 Å². The molecule has 0 saturated heterocycles. The summed E-state index contributed by atoms with van der Waals surface area (Å²) in [5.74, 6) is 3.22. The molecule has 0 aromatic heterocycles. The molecule has 0 unspecified atom stereocenters. The predicted octanol–water partition coefficient (Wildman–Crippen LogP) is 6.73. The fourth-order valence-electron chi connectivity index (χ4n) is 6.17. The lowest BCUT2D eigenvalue weighted by atomic mass is 9.52. The van der Waals surface area contributed by atoms with Crippen molar-refractivity contribution >= 4 is 0 Å². The Labute approximate surface area is 127 Å². The molecule has 0 nitrogen and oxygen atoms in total. The van der Waals surface area contributed by atoms with E-state index in [0.29, 0.717) is 5.41 Å². The summed E-state index contributed by atoms with van der Waals surface area (Å²) >= 11 is 0. The first-order valence-corrected chi connectivity index (χ1v) is 9.82. The molecule has 3 fully saturated rings. The van der Waals surface area contributed by atoms with Crippen molar-refractivity contribution in [3.8, 4) is 0 Å². The van der Waals surface area contributed by atoms with Gasteiger partial charge in [-0.25, -0.2) is 0 Å². The smallest absolute Gasteiger partial charge is 0.0241 e. The first-order valence-electron chi connectivity index (χ1n) is 9.82. The minimum Gasteiger partial charge on any atom is -0.0588 e. The quantitative estimate of drug-likeness (QED) is 0.536. The summed E-state index contributed by atoms with van der Waals surface area (Å²) < 4.78 is 0. The van der Waals surface area contributed by atoms with E-state index >= 15 is 0 Å².